The van der Waals surface area contributed by atoms with E-state index < -0.39 is 17.4 Å². The lowest BCUT2D eigenvalue weighted by molar-refractivity contribution is -0.138. The molecule has 1 unspecified atom stereocenters. The van der Waals surface area contributed by atoms with Gasteiger partial charge in [0.1, 0.15) is 5.75 Å². The zero-order valence-electron chi connectivity index (χ0n) is 26.7. The molecule has 10 nitrogen and oxygen atoms in total. The molecule has 0 bridgehead atoms. The number of rotatable bonds is 12. The van der Waals surface area contributed by atoms with Crippen molar-refractivity contribution in [2.45, 2.75) is 31.4 Å². The number of aliphatic hydroxyl groups excluding tert-OH is 1. The van der Waals surface area contributed by atoms with Crippen molar-refractivity contribution in [2.75, 3.05) is 23.9 Å². The molecule has 0 aliphatic carbocycles. The van der Waals surface area contributed by atoms with Crippen LogP contribution < -0.4 is 15.0 Å². The van der Waals surface area contributed by atoms with E-state index in [9.17, 15) is 19.8 Å². The van der Waals surface area contributed by atoms with Crippen LogP contribution in [0.2, 0.25) is 0 Å². The van der Waals surface area contributed by atoms with E-state index in [1.807, 2.05) is 79.0 Å². The van der Waals surface area contributed by atoms with Crippen LogP contribution in [0.1, 0.15) is 46.4 Å². The van der Waals surface area contributed by atoms with E-state index in [0.29, 0.717) is 52.6 Å². The van der Waals surface area contributed by atoms with E-state index in [4.69, 9.17) is 4.74 Å². The molecule has 2 heterocycles. The molecule has 3 atom stereocenters. The Kier molecular flexibility index (Phi) is 9.47. The van der Waals surface area contributed by atoms with Gasteiger partial charge in [0.05, 0.1) is 31.0 Å². The van der Waals surface area contributed by atoms with Gasteiger partial charge in [0, 0.05) is 41.2 Å². The third kappa shape index (κ3) is 6.35. The second-order valence-electron chi connectivity index (χ2n) is 11.7. The quantitative estimate of drug-likeness (QED) is 0.146. The molecule has 244 valence electrons. The maximum absolute atomic E-state index is 14.1. The molecular formula is C38H37N5O5. The number of anilines is 3. The van der Waals surface area contributed by atoms with E-state index in [0.717, 1.165) is 5.56 Å². The van der Waals surface area contributed by atoms with Crippen LogP contribution in [0, 0.1) is 5.92 Å². The molecule has 0 radical (unpaired) electrons. The van der Waals surface area contributed by atoms with Crippen LogP contribution in [-0.2, 0) is 16.9 Å². The van der Waals surface area contributed by atoms with Gasteiger partial charge in [0.25, 0.3) is 11.8 Å². The smallest absolute Gasteiger partial charge is 0.268 e. The van der Waals surface area contributed by atoms with Crippen LogP contribution in [0.25, 0.3) is 0 Å². The van der Waals surface area contributed by atoms with Crippen LogP contribution in [0.3, 0.4) is 0 Å². The highest BCUT2D eigenvalue weighted by Crippen LogP contribution is 2.49. The minimum absolute atomic E-state index is 0.0823. The Hall–Kier alpha value is -5.58. The lowest BCUT2D eigenvalue weighted by Gasteiger charge is -2.27. The van der Waals surface area contributed by atoms with Crippen molar-refractivity contribution in [1.82, 2.24) is 15.0 Å². The summed E-state index contributed by atoms with van der Waals surface area (Å²) in [4.78, 5) is 28.7. The molecule has 1 aliphatic rings. The summed E-state index contributed by atoms with van der Waals surface area (Å²) in [7, 11) is 1.56. The van der Waals surface area contributed by atoms with E-state index in [2.05, 4.69) is 15.6 Å². The third-order valence-electron chi connectivity index (χ3n) is 8.71. The van der Waals surface area contributed by atoms with Crippen LogP contribution in [0.5, 0.6) is 5.75 Å². The number of amides is 2. The molecule has 0 saturated carbocycles. The molecule has 5 aromatic rings. The summed E-state index contributed by atoms with van der Waals surface area (Å²) in [5.74, 6) is -1.05. The molecule has 6 rings (SSSR count). The van der Waals surface area contributed by atoms with E-state index in [1.54, 1.807) is 61.2 Å². The normalized spacial score (nSPS) is 16.9. The lowest BCUT2D eigenvalue weighted by Crippen LogP contribution is -2.42. The first kappa shape index (κ1) is 32.4. The molecule has 10 heteroatoms. The third-order valence-corrected chi connectivity index (χ3v) is 8.71. The molecule has 48 heavy (non-hydrogen) atoms. The Morgan fingerprint density at radius 1 is 1.00 bits per heavy atom. The molecule has 3 N–H and O–H groups in total. The summed E-state index contributed by atoms with van der Waals surface area (Å²) >= 11 is 0. The van der Waals surface area contributed by atoms with Crippen LogP contribution in [0.4, 0.5) is 17.1 Å². The molecule has 0 spiro atoms. The number of carbonyl (C=O) groups excluding carboxylic acids is 2. The molecule has 4 aromatic carbocycles. The van der Waals surface area contributed by atoms with Gasteiger partial charge in [0.2, 0.25) is 0 Å². The van der Waals surface area contributed by atoms with E-state index in [-0.39, 0.29) is 18.4 Å². The molecule has 2 amide bonds. The van der Waals surface area contributed by atoms with E-state index >= 15 is 0 Å². The summed E-state index contributed by atoms with van der Waals surface area (Å²) in [6.45, 7) is 2.24. The maximum atomic E-state index is 14.1. The number of methoxy groups -OCH3 is 1. The fourth-order valence-corrected chi connectivity index (χ4v) is 6.01. The Morgan fingerprint density at radius 3 is 2.40 bits per heavy atom. The average molecular weight is 644 g/mol. The van der Waals surface area contributed by atoms with Crippen molar-refractivity contribution < 1.29 is 24.5 Å². The summed E-state index contributed by atoms with van der Waals surface area (Å²) in [6, 6.07) is 30.7. The first-order valence-corrected chi connectivity index (χ1v) is 15.8. The van der Waals surface area contributed by atoms with Gasteiger partial charge in [0.15, 0.2) is 5.60 Å². The number of fused-ring (bicyclic) bond motifs is 1. The van der Waals surface area contributed by atoms with Gasteiger partial charge in [-0.25, -0.2) is 0 Å². The van der Waals surface area contributed by atoms with Gasteiger partial charge in [-0.2, -0.15) is 0 Å². The second-order valence-corrected chi connectivity index (χ2v) is 11.7. The minimum Gasteiger partial charge on any atom is -0.497 e. The molecule has 0 fully saturated rings. The number of hydrogen-bond acceptors (Lipinski definition) is 7. The first-order chi connectivity index (χ1) is 23.3. The van der Waals surface area contributed by atoms with Crippen LogP contribution in [-0.4, -0.2) is 50.7 Å². The number of allylic oxidation sites excluding steroid dienone is 1. The Balaban J connectivity index is 1.21. The molecular weight excluding hydrogens is 606 g/mol. The zero-order valence-corrected chi connectivity index (χ0v) is 26.7. The van der Waals surface area contributed by atoms with Gasteiger partial charge in [-0.3, -0.25) is 19.2 Å². The van der Waals surface area contributed by atoms with Gasteiger partial charge < -0.3 is 20.3 Å². The Labute approximate surface area is 278 Å². The van der Waals surface area contributed by atoms with Crippen molar-refractivity contribution in [2.24, 2.45) is 5.92 Å². The van der Waals surface area contributed by atoms with Crippen LogP contribution >= 0.6 is 0 Å². The number of ether oxygens (including phenoxy) is 1. The fourth-order valence-electron chi connectivity index (χ4n) is 6.01. The lowest BCUT2D eigenvalue weighted by atomic mass is 9.82. The highest BCUT2D eigenvalue weighted by molar-refractivity contribution is 6.13. The highest BCUT2D eigenvalue weighted by Gasteiger charge is 2.53. The SMILES string of the molecule is COc1ccc(C(=O)Nc2ccc3c(c2)[C@@](O)([C@H](C)/C=C/CCn2cc(C(CO)c4ccccc4)nn2)C(=O)N3c2ccccc2)cc1. The predicted octanol–water partition coefficient (Wildman–Crippen LogP) is 5.81. The standard InChI is InChI=1S/C38H37N5O5/c1-26(11-9-10-22-42-24-34(40-41-42)32(25-44)27-12-5-3-6-13-27)38(47)33-23-29(39-36(45)28-16-19-31(48-2)20-17-28)18-21-35(33)43(37(38)46)30-14-7-4-8-15-30/h3-9,11-21,23-24,26,32,44,47H,10,22,25H2,1-2H3,(H,39,45)/b11-9+/t26-,32?,38+/m1/s1. The summed E-state index contributed by atoms with van der Waals surface area (Å²) in [6.07, 6.45) is 6.14. The largest absolute Gasteiger partial charge is 0.497 e. The summed E-state index contributed by atoms with van der Waals surface area (Å²) in [5, 5.41) is 33.6. The summed E-state index contributed by atoms with van der Waals surface area (Å²) in [5.41, 5.74) is 2.21. The number of para-hydroxylation sites is 1. The molecule has 0 saturated heterocycles. The second kappa shape index (κ2) is 14.0. The molecule has 1 aromatic heterocycles. The van der Waals surface area contributed by atoms with Gasteiger partial charge >= 0.3 is 0 Å². The highest BCUT2D eigenvalue weighted by atomic mass is 16.5. The van der Waals surface area contributed by atoms with Gasteiger partial charge in [-0.1, -0.05) is 72.8 Å². The number of carbonyl (C=O) groups is 2. The number of aromatic nitrogens is 3. The van der Waals surface area contributed by atoms with Crippen molar-refractivity contribution in [1.29, 1.82) is 0 Å². The van der Waals surface area contributed by atoms with Crippen molar-refractivity contribution >= 4 is 28.9 Å². The maximum Gasteiger partial charge on any atom is 0.268 e. The van der Waals surface area contributed by atoms with E-state index in [1.165, 1.54) is 4.90 Å². The Morgan fingerprint density at radius 2 is 1.71 bits per heavy atom. The Bertz CT molecular complexity index is 1910. The van der Waals surface area contributed by atoms with Gasteiger partial charge in [-0.05, 0) is 66.6 Å². The monoisotopic (exact) mass is 643 g/mol. The summed E-state index contributed by atoms with van der Waals surface area (Å²) < 4.78 is 6.91. The minimum atomic E-state index is -1.90. The average Bonchev–Trinajstić information content (AvgIpc) is 3.68. The van der Waals surface area contributed by atoms with Crippen molar-refractivity contribution in [3.63, 3.8) is 0 Å². The fraction of sp³-hybridized carbons (Fsp3) is 0.211. The first-order valence-electron chi connectivity index (χ1n) is 15.8. The number of nitrogens with one attached hydrogen (secondary N) is 1. The van der Waals surface area contributed by atoms with Crippen molar-refractivity contribution in [3.8, 4) is 5.75 Å². The van der Waals surface area contributed by atoms with Crippen molar-refractivity contribution in [3.05, 3.63) is 144 Å². The number of benzene rings is 4. The molecule has 1 aliphatic heterocycles. The number of aryl methyl sites for hydroxylation is 1. The number of nitrogens with zero attached hydrogens (tertiary/aromatic N) is 4. The zero-order chi connectivity index (χ0) is 33.7. The number of aliphatic hydroxyl groups is 2. The number of hydrogen-bond donors (Lipinski definition) is 3. The van der Waals surface area contributed by atoms with Gasteiger partial charge in [-0.15, -0.1) is 5.10 Å². The predicted molar refractivity (Wildman–Crippen MR) is 183 cm³/mol. The van der Waals surface area contributed by atoms with Crippen LogP contribution in [0.15, 0.2) is 121 Å². The topological polar surface area (TPSA) is 130 Å².